The molecule has 1 fully saturated rings. The van der Waals surface area contributed by atoms with Gasteiger partial charge in [-0.05, 0) is 31.8 Å². The molecule has 1 aliphatic rings. The van der Waals surface area contributed by atoms with Crippen LogP contribution < -0.4 is 11.1 Å². The van der Waals surface area contributed by atoms with E-state index in [1.165, 1.54) is 0 Å². The highest BCUT2D eigenvalue weighted by atomic mass is 16.1. The van der Waals surface area contributed by atoms with Crippen molar-refractivity contribution >= 4 is 6.29 Å². The average Bonchev–Trinajstić information content (AvgIpc) is 2.05. The summed E-state index contributed by atoms with van der Waals surface area (Å²) in [7, 11) is 0. The smallest absolute Gasteiger partial charge is 0.136 e. The molecule has 0 aromatic carbocycles. The molecule has 0 aromatic rings. The molecule has 0 saturated carbocycles. The van der Waals surface area contributed by atoms with Gasteiger partial charge in [-0.1, -0.05) is 0 Å². The van der Waals surface area contributed by atoms with Crippen molar-refractivity contribution in [3.63, 3.8) is 0 Å². The number of carbonyl (C=O) groups excluding carboxylic acids is 1. The van der Waals surface area contributed by atoms with Crippen molar-refractivity contribution in [2.24, 2.45) is 11.7 Å². The molecule has 10 heavy (non-hydrogen) atoms. The Labute approximate surface area is 61.0 Å². The van der Waals surface area contributed by atoms with E-state index in [2.05, 4.69) is 5.32 Å². The van der Waals surface area contributed by atoms with Crippen LogP contribution in [0.4, 0.5) is 0 Å². The van der Waals surface area contributed by atoms with E-state index in [-0.39, 0.29) is 6.04 Å². The second-order valence-electron chi connectivity index (χ2n) is 2.83. The first-order chi connectivity index (χ1) is 4.86. The van der Waals surface area contributed by atoms with Crippen molar-refractivity contribution in [2.45, 2.75) is 18.9 Å². The largest absolute Gasteiger partial charge is 0.330 e. The summed E-state index contributed by atoms with van der Waals surface area (Å²) in [6.45, 7) is 1.64. The highest BCUT2D eigenvalue weighted by Gasteiger charge is 2.17. The fourth-order valence-electron chi connectivity index (χ4n) is 1.25. The summed E-state index contributed by atoms with van der Waals surface area (Å²) in [5.74, 6) is 0.580. The van der Waals surface area contributed by atoms with Crippen LogP contribution in [0.15, 0.2) is 0 Å². The lowest BCUT2D eigenvalue weighted by atomic mass is 9.96. The first kappa shape index (κ1) is 7.69. The van der Waals surface area contributed by atoms with E-state index in [0.29, 0.717) is 5.92 Å². The molecular weight excluding hydrogens is 128 g/mol. The first-order valence-electron chi connectivity index (χ1n) is 3.75. The van der Waals surface area contributed by atoms with Gasteiger partial charge in [-0.2, -0.15) is 0 Å². The lowest BCUT2D eigenvalue weighted by molar-refractivity contribution is -0.110. The van der Waals surface area contributed by atoms with Crippen LogP contribution >= 0.6 is 0 Å². The Kier molecular flexibility index (Phi) is 2.83. The molecule has 0 spiro atoms. The van der Waals surface area contributed by atoms with E-state index in [1.54, 1.807) is 0 Å². The molecule has 3 nitrogen and oxygen atoms in total. The van der Waals surface area contributed by atoms with Gasteiger partial charge >= 0.3 is 0 Å². The van der Waals surface area contributed by atoms with Gasteiger partial charge in [-0.25, -0.2) is 0 Å². The summed E-state index contributed by atoms with van der Waals surface area (Å²) in [5, 5.41) is 3.12. The average molecular weight is 142 g/mol. The lowest BCUT2D eigenvalue weighted by Crippen LogP contribution is -2.42. The van der Waals surface area contributed by atoms with Crippen LogP contribution in [0.1, 0.15) is 12.8 Å². The molecule has 0 bridgehead atoms. The normalized spacial score (nSPS) is 33.7. The zero-order valence-corrected chi connectivity index (χ0v) is 6.05. The number of hydrogen-bond acceptors (Lipinski definition) is 3. The monoisotopic (exact) mass is 142 g/mol. The lowest BCUT2D eigenvalue weighted by Gasteiger charge is -2.25. The zero-order valence-electron chi connectivity index (χ0n) is 6.05. The number of rotatable bonds is 2. The molecule has 58 valence electrons. The van der Waals surface area contributed by atoms with Crippen LogP contribution in [0.3, 0.4) is 0 Å². The van der Waals surface area contributed by atoms with Crippen LogP contribution in [0.5, 0.6) is 0 Å². The van der Waals surface area contributed by atoms with Gasteiger partial charge in [0.2, 0.25) is 0 Å². The van der Waals surface area contributed by atoms with E-state index in [0.717, 1.165) is 32.2 Å². The predicted molar refractivity (Wildman–Crippen MR) is 39.6 cm³/mol. The number of aldehydes is 1. The van der Waals surface area contributed by atoms with E-state index in [4.69, 9.17) is 5.73 Å². The second-order valence-corrected chi connectivity index (χ2v) is 2.83. The van der Waals surface area contributed by atoms with Crippen LogP contribution in [0.2, 0.25) is 0 Å². The maximum Gasteiger partial charge on any atom is 0.136 e. The molecular formula is C7H14N2O. The summed E-state index contributed by atoms with van der Waals surface area (Å²) in [5.41, 5.74) is 5.46. The fraction of sp³-hybridized carbons (Fsp3) is 0.857. The topological polar surface area (TPSA) is 55.1 Å². The van der Waals surface area contributed by atoms with Crippen molar-refractivity contribution in [1.29, 1.82) is 0 Å². The molecule has 1 saturated heterocycles. The van der Waals surface area contributed by atoms with Crippen molar-refractivity contribution in [2.75, 3.05) is 13.1 Å². The predicted octanol–water partition coefficient (Wildman–Crippen LogP) is -0.488. The highest BCUT2D eigenvalue weighted by molar-refractivity contribution is 5.57. The molecule has 0 amide bonds. The Morgan fingerprint density at radius 3 is 2.80 bits per heavy atom. The number of carbonyl (C=O) groups is 1. The summed E-state index contributed by atoms with van der Waals surface area (Å²) in [4.78, 5) is 10.3. The molecule has 2 atom stereocenters. The molecule has 1 heterocycles. The van der Waals surface area contributed by atoms with E-state index in [9.17, 15) is 4.79 Å². The molecule has 2 unspecified atom stereocenters. The molecule has 3 N–H and O–H groups in total. The number of piperidine rings is 1. The van der Waals surface area contributed by atoms with E-state index < -0.39 is 0 Å². The Morgan fingerprint density at radius 1 is 1.60 bits per heavy atom. The van der Waals surface area contributed by atoms with Crippen LogP contribution in [0, 0.1) is 5.92 Å². The standard InChI is InChI=1S/C7H14N2O/c8-3-6-1-2-7(5-10)9-4-6/h5-7,9H,1-4,8H2. The SMILES string of the molecule is NCC1CCC(C=O)NC1. The van der Waals surface area contributed by atoms with Gasteiger partial charge in [0.25, 0.3) is 0 Å². The third-order valence-corrected chi connectivity index (χ3v) is 2.05. The van der Waals surface area contributed by atoms with Crippen molar-refractivity contribution < 1.29 is 4.79 Å². The Bertz CT molecular complexity index is 108. The van der Waals surface area contributed by atoms with Gasteiger partial charge in [-0.15, -0.1) is 0 Å². The van der Waals surface area contributed by atoms with Crippen LogP contribution in [-0.4, -0.2) is 25.4 Å². The zero-order chi connectivity index (χ0) is 7.40. The number of nitrogens with one attached hydrogen (secondary N) is 1. The molecule has 3 heteroatoms. The van der Waals surface area contributed by atoms with Crippen molar-refractivity contribution in [3.8, 4) is 0 Å². The summed E-state index contributed by atoms with van der Waals surface area (Å²) in [6, 6.07) is 0.0859. The third kappa shape index (κ3) is 1.78. The van der Waals surface area contributed by atoms with Crippen LogP contribution in [0.25, 0.3) is 0 Å². The van der Waals surface area contributed by atoms with Gasteiger partial charge in [0.1, 0.15) is 6.29 Å². The van der Waals surface area contributed by atoms with Gasteiger partial charge in [0.05, 0.1) is 6.04 Å². The quantitative estimate of drug-likeness (QED) is 0.512. The molecule has 1 rings (SSSR count). The molecule has 0 aromatic heterocycles. The van der Waals surface area contributed by atoms with Crippen molar-refractivity contribution in [3.05, 3.63) is 0 Å². The summed E-state index contributed by atoms with van der Waals surface area (Å²) in [6.07, 6.45) is 3.02. The maximum atomic E-state index is 10.3. The fourth-order valence-corrected chi connectivity index (χ4v) is 1.25. The minimum atomic E-state index is 0.0859. The molecule has 0 aliphatic carbocycles. The Hall–Kier alpha value is -0.410. The van der Waals surface area contributed by atoms with Gasteiger partial charge < -0.3 is 15.8 Å². The maximum absolute atomic E-state index is 10.3. The summed E-state index contributed by atoms with van der Waals surface area (Å²) >= 11 is 0. The van der Waals surface area contributed by atoms with E-state index in [1.807, 2.05) is 0 Å². The highest BCUT2D eigenvalue weighted by Crippen LogP contribution is 2.11. The number of hydrogen-bond donors (Lipinski definition) is 2. The minimum absolute atomic E-state index is 0.0859. The molecule has 0 radical (unpaired) electrons. The van der Waals surface area contributed by atoms with Crippen LogP contribution in [-0.2, 0) is 4.79 Å². The summed E-state index contributed by atoms with van der Waals surface area (Å²) < 4.78 is 0. The van der Waals surface area contributed by atoms with E-state index >= 15 is 0 Å². The van der Waals surface area contributed by atoms with Gasteiger partial charge in [0, 0.05) is 0 Å². The Balaban J connectivity index is 2.23. The third-order valence-electron chi connectivity index (χ3n) is 2.05. The van der Waals surface area contributed by atoms with Gasteiger partial charge in [-0.3, -0.25) is 0 Å². The van der Waals surface area contributed by atoms with Gasteiger partial charge in [0.15, 0.2) is 0 Å². The second kappa shape index (κ2) is 3.68. The minimum Gasteiger partial charge on any atom is -0.330 e. The first-order valence-corrected chi connectivity index (χ1v) is 3.75. The molecule has 1 aliphatic heterocycles. The van der Waals surface area contributed by atoms with Crippen molar-refractivity contribution in [1.82, 2.24) is 5.32 Å². The Morgan fingerprint density at radius 2 is 2.40 bits per heavy atom. The number of nitrogens with two attached hydrogens (primary N) is 1.